The molecule has 0 fully saturated rings. The average molecular weight is 314 g/mol. The van der Waals surface area contributed by atoms with E-state index in [1.807, 2.05) is 0 Å². The summed E-state index contributed by atoms with van der Waals surface area (Å²) in [5, 5.41) is 13.9. The quantitative estimate of drug-likeness (QED) is 0.383. The summed E-state index contributed by atoms with van der Waals surface area (Å²) in [5.41, 5.74) is 5.27. The zero-order valence-corrected chi connectivity index (χ0v) is 13.7. The number of carboxylic acid groups (broad SMARTS) is 1. The minimum absolute atomic E-state index is 0. The SMILES string of the molecule is CC(C)(C)C(=O)[O-].ClC1=C=CC(Cl)=N[N]1.[Zn]. The van der Waals surface area contributed by atoms with Crippen LogP contribution in [0.5, 0.6) is 0 Å². The average Bonchev–Trinajstić information content (AvgIpc) is 2.09. The van der Waals surface area contributed by atoms with Gasteiger partial charge in [-0.15, -0.1) is 10.5 Å². The second-order valence-electron chi connectivity index (χ2n) is 3.64. The maximum atomic E-state index is 9.91. The van der Waals surface area contributed by atoms with E-state index in [-0.39, 0.29) is 24.6 Å². The summed E-state index contributed by atoms with van der Waals surface area (Å²) < 4.78 is 0. The summed E-state index contributed by atoms with van der Waals surface area (Å²) >= 11 is 10.7. The van der Waals surface area contributed by atoms with E-state index in [0.717, 1.165) is 0 Å². The van der Waals surface area contributed by atoms with Gasteiger partial charge in [0.05, 0.1) is 0 Å². The molecular weight excluding hydrogens is 304 g/mol. The van der Waals surface area contributed by atoms with Gasteiger partial charge in [0, 0.05) is 36.9 Å². The molecule has 0 N–H and O–H groups in total. The van der Waals surface area contributed by atoms with Gasteiger partial charge in [0.1, 0.15) is 0 Å². The number of halogens is 2. The van der Waals surface area contributed by atoms with Crippen LogP contribution in [-0.2, 0) is 24.3 Å². The van der Waals surface area contributed by atoms with Crippen LogP contribution >= 0.6 is 23.2 Å². The van der Waals surface area contributed by atoms with Gasteiger partial charge >= 0.3 is 0 Å². The van der Waals surface area contributed by atoms with Crippen LogP contribution in [0.3, 0.4) is 0 Å². The van der Waals surface area contributed by atoms with Crippen molar-refractivity contribution in [3.63, 3.8) is 0 Å². The van der Waals surface area contributed by atoms with Crippen LogP contribution in [0.15, 0.2) is 22.1 Å². The number of aliphatic carboxylic acids is 1. The molecule has 1 radical (unpaired) electrons. The van der Waals surface area contributed by atoms with Crippen molar-refractivity contribution in [2.45, 2.75) is 20.8 Å². The number of carboxylic acids is 1. The zero-order chi connectivity index (χ0) is 12.1. The molecule has 85 valence electrons. The normalized spacial score (nSPS) is 13.3. The molecule has 1 aliphatic rings. The molecule has 0 amide bonds. The molecule has 0 unspecified atom stereocenters. The van der Waals surface area contributed by atoms with Crippen LogP contribution in [0.2, 0.25) is 0 Å². The molecule has 0 saturated heterocycles. The molecule has 0 saturated carbocycles. The third kappa shape index (κ3) is 8.93. The molecule has 7 heteroatoms. The Labute approximate surface area is 117 Å². The van der Waals surface area contributed by atoms with Crippen LogP contribution in [0.1, 0.15) is 20.8 Å². The van der Waals surface area contributed by atoms with E-state index >= 15 is 0 Å². The number of rotatable bonds is 0. The molecule has 1 rings (SSSR count). The first kappa shape index (κ1) is 18.0. The fraction of sp³-hybridized carbons (Fsp3) is 0.444. The van der Waals surface area contributed by atoms with Crippen molar-refractivity contribution >= 4 is 34.3 Å². The Hall–Kier alpha value is -0.337. The minimum Gasteiger partial charge on any atom is -0.550 e. The maximum Gasteiger partial charge on any atom is 0.194 e. The van der Waals surface area contributed by atoms with E-state index in [4.69, 9.17) is 23.2 Å². The molecule has 1 heterocycles. The van der Waals surface area contributed by atoms with Gasteiger partial charge in [-0.05, 0) is 0 Å². The Kier molecular flexibility index (Phi) is 8.86. The van der Waals surface area contributed by atoms with Gasteiger partial charge in [-0.25, -0.2) is 0 Å². The van der Waals surface area contributed by atoms with Gasteiger partial charge in [-0.3, -0.25) is 0 Å². The fourth-order valence-electron chi connectivity index (χ4n) is 0.269. The molecule has 0 aliphatic carbocycles. The molecule has 0 aromatic rings. The summed E-state index contributed by atoms with van der Waals surface area (Å²) in [7, 11) is 0. The van der Waals surface area contributed by atoms with E-state index in [2.05, 4.69) is 16.3 Å². The largest absolute Gasteiger partial charge is 0.550 e. The second-order valence-corrected chi connectivity index (χ2v) is 4.38. The Bertz CT molecular complexity index is 342. The Morgan fingerprint density at radius 2 is 1.88 bits per heavy atom. The van der Waals surface area contributed by atoms with Crippen LogP contribution in [0.4, 0.5) is 0 Å². The number of carbonyl (C=O) groups excluding carboxylic acids is 1. The summed E-state index contributed by atoms with van der Waals surface area (Å²) in [4.78, 5) is 9.91. The maximum absolute atomic E-state index is 9.91. The molecule has 4 nitrogen and oxygen atoms in total. The van der Waals surface area contributed by atoms with Gasteiger partial charge in [0.25, 0.3) is 0 Å². The Balaban J connectivity index is 0. The van der Waals surface area contributed by atoms with Crippen LogP contribution in [0, 0.1) is 5.41 Å². The standard InChI is InChI=1S/C5H10O2.C4HCl2N2.Zn/c1-5(2,3)4(6)7;5-3-1-2-4(6)8-7-3;/h1-3H3,(H,6,7);1H;/p-1. The number of nitrogens with zero attached hydrogens (tertiary/aromatic N) is 2. The van der Waals surface area contributed by atoms with E-state index in [9.17, 15) is 9.90 Å². The van der Waals surface area contributed by atoms with Crippen molar-refractivity contribution in [2.75, 3.05) is 0 Å². The van der Waals surface area contributed by atoms with Gasteiger partial charge in [-0.2, -0.15) is 0 Å². The summed E-state index contributed by atoms with van der Waals surface area (Å²) in [6.07, 6.45) is 1.46. The van der Waals surface area contributed by atoms with Gasteiger partial charge < -0.3 is 9.90 Å². The predicted molar refractivity (Wildman–Crippen MR) is 57.3 cm³/mol. The Morgan fingerprint density at radius 3 is 2.06 bits per heavy atom. The third-order valence-electron chi connectivity index (χ3n) is 1.16. The third-order valence-corrected chi connectivity index (χ3v) is 1.53. The van der Waals surface area contributed by atoms with Crippen molar-refractivity contribution < 1.29 is 29.4 Å². The second kappa shape index (κ2) is 7.86. The first-order valence-corrected chi connectivity index (χ1v) is 4.77. The number of hydrogen-bond donors (Lipinski definition) is 0. The van der Waals surface area contributed by atoms with Gasteiger partial charge in [0.15, 0.2) is 10.3 Å². The summed E-state index contributed by atoms with van der Waals surface area (Å²) in [5.74, 6) is -1.01. The number of hydrogen-bond acceptors (Lipinski definition) is 3. The zero-order valence-electron chi connectivity index (χ0n) is 9.25. The van der Waals surface area contributed by atoms with E-state index in [0.29, 0.717) is 5.17 Å². The van der Waals surface area contributed by atoms with Gasteiger partial charge in [0.2, 0.25) is 0 Å². The molecule has 1 aliphatic heterocycles. The molecule has 16 heavy (non-hydrogen) atoms. The van der Waals surface area contributed by atoms with Crippen molar-refractivity contribution in [2.24, 2.45) is 10.5 Å². The summed E-state index contributed by atoms with van der Waals surface area (Å²) in [6, 6.07) is 0. The van der Waals surface area contributed by atoms with Crippen LogP contribution < -0.4 is 10.5 Å². The van der Waals surface area contributed by atoms with E-state index < -0.39 is 11.4 Å². The van der Waals surface area contributed by atoms with E-state index in [1.165, 1.54) is 6.08 Å². The summed E-state index contributed by atoms with van der Waals surface area (Å²) in [6.45, 7) is 4.80. The molecule has 0 spiro atoms. The van der Waals surface area contributed by atoms with Crippen LogP contribution in [-0.4, -0.2) is 11.1 Å². The van der Waals surface area contributed by atoms with Crippen LogP contribution in [0.25, 0.3) is 0 Å². The van der Waals surface area contributed by atoms with E-state index in [1.54, 1.807) is 20.8 Å². The van der Waals surface area contributed by atoms with Crippen molar-refractivity contribution in [3.8, 4) is 0 Å². The monoisotopic (exact) mass is 312 g/mol. The fourth-order valence-corrected chi connectivity index (χ4v) is 0.453. The smallest absolute Gasteiger partial charge is 0.194 e. The molecular formula is C9H10Cl2N2O2Zn-. The molecule has 0 aromatic heterocycles. The predicted octanol–water partition coefficient (Wildman–Crippen LogP) is 1.17. The molecule has 0 bridgehead atoms. The first-order chi connectivity index (χ1) is 6.73. The van der Waals surface area contributed by atoms with Crippen molar-refractivity contribution in [3.05, 3.63) is 17.0 Å². The van der Waals surface area contributed by atoms with Gasteiger partial charge in [-0.1, -0.05) is 49.7 Å². The van der Waals surface area contributed by atoms with Crippen molar-refractivity contribution in [1.29, 1.82) is 0 Å². The Morgan fingerprint density at radius 1 is 1.44 bits per heavy atom. The molecule has 0 atom stereocenters. The minimum atomic E-state index is -1.01. The number of allylic oxidation sites excluding steroid dienone is 1. The first-order valence-electron chi connectivity index (χ1n) is 4.01. The molecule has 0 aromatic carbocycles. The van der Waals surface area contributed by atoms with Crippen molar-refractivity contribution in [1.82, 2.24) is 5.43 Å². The topological polar surface area (TPSA) is 66.6 Å². The number of carbonyl (C=O) groups is 1.